The molecule has 5 rings (SSSR count). The first-order valence-corrected chi connectivity index (χ1v) is 14.4. The molecule has 2 N–H and O–H groups in total. The van der Waals surface area contributed by atoms with Gasteiger partial charge in [-0.2, -0.15) is 0 Å². The van der Waals surface area contributed by atoms with E-state index in [2.05, 4.69) is 33.0 Å². The van der Waals surface area contributed by atoms with Crippen molar-refractivity contribution in [3.8, 4) is 0 Å². The van der Waals surface area contributed by atoms with Crippen LogP contribution in [0.1, 0.15) is 91.9 Å². The minimum absolute atomic E-state index is 0.145. The summed E-state index contributed by atoms with van der Waals surface area (Å²) >= 11 is 0. The van der Waals surface area contributed by atoms with Crippen LogP contribution in [-0.4, -0.2) is 55.4 Å². The number of esters is 1. The molecule has 0 amide bonds. The summed E-state index contributed by atoms with van der Waals surface area (Å²) in [5.41, 5.74) is -0.303. The topological polar surface area (TPSA) is 77.0 Å². The minimum Gasteiger partial charge on any atom is -0.468 e. The number of methoxy groups -OCH3 is 1. The van der Waals surface area contributed by atoms with Crippen molar-refractivity contribution < 1.29 is 24.1 Å². The molecule has 4 saturated carbocycles. The van der Waals surface area contributed by atoms with Crippen molar-refractivity contribution in [1.29, 1.82) is 0 Å². The summed E-state index contributed by atoms with van der Waals surface area (Å²) in [6.07, 6.45) is 10.7. The summed E-state index contributed by atoms with van der Waals surface area (Å²) in [6.45, 7) is 11.2. The molecule has 0 radical (unpaired) electrons. The van der Waals surface area contributed by atoms with Crippen LogP contribution in [0, 0.1) is 40.4 Å². The molecule has 8 unspecified atom stereocenters. The van der Waals surface area contributed by atoms with E-state index in [1.54, 1.807) is 0 Å². The number of ether oxygens (including phenoxy) is 3. The van der Waals surface area contributed by atoms with E-state index < -0.39 is 5.60 Å². The summed E-state index contributed by atoms with van der Waals surface area (Å²) in [5.74, 6) is 2.56. The molecule has 0 aromatic carbocycles. The number of carbonyl (C=O) groups is 1. The molecular formula is C29H49NO5. The van der Waals surface area contributed by atoms with E-state index in [0.29, 0.717) is 29.7 Å². The standard InChI is InChI=1S/C29H49NO5/c1-19(2)16-24(25(31)33-5)30-18-28(32)13-12-26(3)20(17-28)6-7-21-22(26)8-10-27(4)23(21)9-11-29(27)34-14-15-35-29/h19-24,30,32H,6-18H2,1-5H3. The second kappa shape index (κ2) is 9.25. The van der Waals surface area contributed by atoms with Gasteiger partial charge in [0, 0.05) is 18.4 Å². The zero-order valence-corrected chi connectivity index (χ0v) is 22.7. The van der Waals surface area contributed by atoms with E-state index in [1.807, 2.05) is 0 Å². The first kappa shape index (κ1) is 25.9. The lowest BCUT2D eigenvalue weighted by Crippen LogP contribution is -2.59. The maximum Gasteiger partial charge on any atom is 0.322 e. The van der Waals surface area contributed by atoms with Gasteiger partial charge >= 0.3 is 5.97 Å². The highest BCUT2D eigenvalue weighted by Gasteiger charge is 2.67. The van der Waals surface area contributed by atoms with Crippen molar-refractivity contribution in [3.63, 3.8) is 0 Å². The summed E-state index contributed by atoms with van der Waals surface area (Å²) in [4.78, 5) is 12.3. The van der Waals surface area contributed by atoms with Gasteiger partial charge in [0.25, 0.3) is 0 Å². The first-order chi connectivity index (χ1) is 16.6. The SMILES string of the molecule is COC(=O)C(CC(C)C)NCC1(O)CCC2(C)C(CCC3C2CCC2(C)C3CCC23OCCO3)C1. The van der Waals surface area contributed by atoms with Crippen LogP contribution < -0.4 is 5.32 Å². The highest BCUT2D eigenvalue weighted by Crippen LogP contribution is 2.69. The smallest absolute Gasteiger partial charge is 0.322 e. The molecule has 0 aromatic heterocycles. The fourth-order valence-corrected chi connectivity index (χ4v) is 9.56. The van der Waals surface area contributed by atoms with Crippen LogP contribution in [-0.2, 0) is 19.0 Å². The molecule has 1 saturated heterocycles. The van der Waals surface area contributed by atoms with Crippen molar-refractivity contribution in [2.45, 2.75) is 109 Å². The van der Waals surface area contributed by atoms with E-state index in [4.69, 9.17) is 14.2 Å². The van der Waals surface area contributed by atoms with E-state index in [1.165, 1.54) is 39.2 Å². The zero-order valence-electron chi connectivity index (χ0n) is 22.7. The molecule has 6 heteroatoms. The van der Waals surface area contributed by atoms with Crippen LogP contribution in [0.4, 0.5) is 0 Å². The highest BCUT2D eigenvalue weighted by atomic mass is 16.7. The van der Waals surface area contributed by atoms with Crippen molar-refractivity contribution in [2.24, 2.45) is 40.4 Å². The third-order valence-electron chi connectivity index (χ3n) is 11.5. The van der Waals surface area contributed by atoms with Gasteiger partial charge in [0.1, 0.15) is 6.04 Å². The van der Waals surface area contributed by atoms with E-state index in [0.717, 1.165) is 57.2 Å². The van der Waals surface area contributed by atoms with Gasteiger partial charge < -0.3 is 24.6 Å². The van der Waals surface area contributed by atoms with Gasteiger partial charge in [-0.05, 0) is 92.8 Å². The van der Waals surface area contributed by atoms with Gasteiger partial charge in [-0.25, -0.2) is 0 Å². The van der Waals surface area contributed by atoms with Crippen LogP contribution in [0.5, 0.6) is 0 Å². The molecule has 8 atom stereocenters. The predicted molar refractivity (Wildman–Crippen MR) is 135 cm³/mol. The highest BCUT2D eigenvalue weighted by molar-refractivity contribution is 5.75. The number of aliphatic hydroxyl groups is 1. The van der Waals surface area contributed by atoms with E-state index >= 15 is 0 Å². The Hall–Kier alpha value is -0.690. The van der Waals surface area contributed by atoms with Crippen molar-refractivity contribution in [1.82, 2.24) is 5.32 Å². The Morgan fingerprint density at radius 2 is 1.74 bits per heavy atom. The Kier molecular flexibility index (Phi) is 6.86. The molecule has 5 aliphatic rings. The Morgan fingerprint density at radius 3 is 2.43 bits per heavy atom. The lowest BCUT2D eigenvalue weighted by Gasteiger charge is -2.62. The molecule has 0 aromatic rings. The Balaban J connectivity index is 1.26. The average Bonchev–Trinajstić information content (AvgIpc) is 3.42. The molecule has 35 heavy (non-hydrogen) atoms. The summed E-state index contributed by atoms with van der Waals surface area (Å²) in [6, 6.07) is -0.348. The number of fused-ring (bicyclic) bond motifs is 6. The monoisotopic (exact) mass is 491 g/mol. The van der Waals surface area contributed by atoms with Crippen LogP contribution in [0.3, 0.4) is 0 Å². The predicted octanol–water partition coefficient (Wildman–Crippen LogP) is 4.68. The lowest BCUT2D eigenvalue weighted by atomic mass is 9.44. The summed E-state index contributed by atoms with van der Waals surface area (Å²) < 4.78 is 17.6. The van der Waals surface area contributed by atoms with Gasteiger partial charge in [0.15, 0.2) is 5.79 Å². The van der Waals surface area contributed by atoms with Crippen molar-refractivity contribution >= 4 is 5.97 Å². The van der Waals surface area contributed by atoms with Gasteiger partial charge in [0.2, 0.25) is 0 Å². The Morgan fingerprint density at radius 1 is 1.03 bits per heavy atom. The average molecular weight is 492 g/mol. The summed E-state index contributed by atoms with van der Waals surface area (Å²) in [7, 11) is 1.45. The normalized spacial score (nSPS) is 45.1. The molecule has 0 bridgehead atoms. The Labute approximate surface area is 212 Å². The van der Waals surface area contributed by atoms with Gasteiger partial charge in [-0.1, -0.05) is 27.7 Å². The second-order valence-corrected chi connectivity index (χ2v) is 13.6. The van der Waals surface area contributed by atoms with Crippen LogP contribution in [0.25, 0.3) is 0 Å². The lowest BCUT2D eigenvalue weighted by molar-refractivity contribution is -0.249. The Bertz CT molecular complexity index is 796. The number of nitrogens with one attached hydrogen (secondary N) is 1. The molecule has 1 aliphatic heterocycles. The maximum absolute atomic E-state index is 12.3. The summed E-state index contributed by atoms with van der Waals surface area (Å²) in [5, 5.41) is 15.0. The first-order valence-electron chi connectivity index (χ1n) is 14.4. The van der Waals surface area contributed by atoms with Crippen LogP contribution in [0.15, 0.2) is 0 Å². The fraction of sp³-hybridized carbons (Fsp3) is 0.966. The van der Waals surface area contributed by atoms with Gasteiger partial charge in [-0.15, -0.1) is 0 Å². The number of rotatable bonds is 6. The van der Waals surface area contributed by atoms with E-state index in [-0.39, 0.29) is 23.2 Å². The van der Waals surface area contributed by atoms with Crippen LogP contribution in [0.2, 0.25) is 0 Å². The molecular weight excluding hydrogens is 442 g/mol. The fourth-order valence-electron chi connectivity index (χ4n) is 9.56. The third-order valence-corrected chi connectivity index (χ3v) is 11.5. The quantitative estimate of drug-likeness (QED) is 0.526. The largest absolute Gasteiger partial charge is 0.468 e. The molecule has 200 valence electrons. The third kappa shape index (κ3) is 4.19. The van der Waals surface area contributed by atoms with Gasteiger partial charge in [0.05, 0.1) is 25.9 Å². The molecule has 6 nitrogen and oxygen atoms in total. The van der Waals surface area contributed by atoms with Crippen molar-refractivity contribution in [2.75, 3.05) is 26.9 Å². The second-order valence-electron chi connectivity index (χ2n) is 13.6. The zero-order chi connectivity index (χ0) is 25.1. The van der Waals surface area contributed by atoms with Gasteiger partial charge in [-0.3, -0.25) is 4.79 Å². The minimum atomic E-state index is -0.744. The molecule has 5 fully saturated rings. The molecule has 1 heterocycles. The van der Waals surface area contributed by atoms with Crippen molar-refractivity contribution in [3.05, 3.63) is 0 Å². The molecule has 1 spiro atoms. The maximum atomic E-state index is 12.3. The molecule has 4 aliphatic carbocycles. The number of hydrogen-bond acceptors (Lipinski definition) is 6. The number of hydrogen-bond donors (Lipinski definition) is 2. The van der Waals surface area contributed by atoms with Crippen LogP contribution >= 0.6 is 0 Å². The van der Waals surface area contributed by atoms with E-state index in [9.17, 15) is 9.90 Å². The number of carbonyl (C=O) groups excluding carboxylic acids is 1.